The molecule has 86 valence electrons. The van der Waals surface area contributed by atoms with E-state index in [4.69, 9.17) is 21.1 Å². The molecule has 0 aliphatic carbocycles. The number of hydrogen-bond acceptors (Lipinski definition) is 5. The third kappa shape index (κ3) is 2.52. The molecule has 2 rings (SSSR count). The summed E-state index contributed by atoms with van der Waals surface area (Å²) >= 11 is 1.36. The quantitative estimate of drug-likeness (QED) is 0.344. The number of benzene rings is 1. The average molecular weight is 239 g/mol. The van der Waals surface area contributed by atoms with Gasteiger partial charge in [-0.2, -0.15) is 5.10 Å². The SMILES string of the molecule is NN=C(N)SCC1COc2ccccc2O1. The van der Waals surface area contributed by atoms with Crippen molar-refractivity contribution in [1.82, 2.24) is 0 Å². The van der Waals surface area contributed by atoms with Gasteiger partial charge in [-0.15, -0.1) is 0 Å². The first-order valence-corrected chi connectivity index (χ1v) is 5.83. The smallest absolute Gasteiger partial charge is 0.177 e. The van der Waals surface area contributed by atoms with E-state index < -0.39 is 0 Å². The molecule has 1 aromatic rings. The molecule has 0 radical (unpaired) electrons. The van der Waals surface area contributed by atoms with Crippen molar-refractivity contribution < 1.29 is 9.47 Å². The van der Waals surface area contributed by atoms with Gasteiger partial charge in [-0.05, 0) is 12.1 Å². The Labute approximate surface area is 97.8 Å². The molecule has 1 aliphatic heterocycles. The number of rotatable bonds is 2. The monoisotopic (exact) mass is 239 g/mol. The number of thioether (sulfide) groups is 1. The minimum atomic E-state index is -0.0276. The maximum Gasteiger partial charge on any atom is 0.177 e. The van der Waals surface area contributed by atoms with E-state index >= 15 is 0 Å². The van der Waals surface area contributed by atoms with Crippen molar-refractivity contribution in [2.24, 2.45) is 16.7 Å². The van der Waals surface area contributed by atoms with Crippen LogP contribution < -0.4 is 21.1 Å². The summed E-state index contributed by atoms with van der Waals surface area (Å²) in [6.07, 6.45) is -0.0276. The molecule has 1 aromatic carbocycles. The van der Waals surface area contributed by atoms with Crippen LogP contribution in [-0.4, -0.2) is 23.6 Å². The van der Waals surface area contributed by atoms with E-state index in [0.29, 0.717) is 17.5 Å². The maximum absolute atomic E-state index is 5.73. The Balaban J connectivity index is 1.93. The molecule has 5 nitrogen and oxygen atoms in total. The molecular formula is C10H13N3O2S. The molecular weight excluding hydrogens is 226 g/mol. The summed E-state index contributed by atoms with van der Waals surface area (Å²) in [5.41, 5.74) is 5.48. The summed E-state index contributed by atoms with van der Waals surface area (Å²) < 4.78 is 11.3. The van der Waals surface area contributed by atoms with E-state index in [1.54, 1.807) is 0 Å². The van der Waals surface area contributed by atoms with Gasteiger partial charge in [0.25, 0.3) is 0 Å². The first-order valence-electron chi connectivity index (χ1n) is 4.84. The summed E-state index contributed by atoms with van der Waals surface area (Å²) in [7, 11) is 0. The van der Waals surface area contributed by atoms with Crippen molar-refractivity contribution in [2.75, 3.05) is 12.4 Å². The van der Waals surface area contributed by atoms with Crippen LogP contribution in [-0.2, 0) is 0 Å². The van der Waals surface area contributed by atoms with Gasteiger partial charge in [0.05, 0.1) is 0 Å². The molecule has 6 heteroatoms. The van der Waals surface area contributed by atoms with E-state index in [1.165, 1.54) is 11.8 Å². The van der Waals surface area contributed by atoms with Crippen molar-refractivity contribution in [2.45, 2.75) is 6.10 Å². The molecule has 0 fully saturated rings. The van der Waals surface area contributed by atoms with Crippen molar-refractivity contribution in [3.63, 3.8) is 0 Å². The highest BCUT2D eigenvalue weighted by Gasteiger charge is 2.20. The Hall–Kier alpha value is -1.56. The van der Waals surface area contributed by atoms with Gasteiger partial charge in [-0.3, -0.25) is 0 Å². The number of amidine groups is 1. The molecule has 0 bridgehead atoms. The summed E-state index contributed by atoms with van der Waals surface area (Å²) in [6.45, 7) is 0.516. The van der Waals surface area contributed by atoms with Crippen LogP contribution in [0.25, 0.3) is 0 Å². The van der Waals surface area contributed by atoms with Crippen molar-refractivity contribution in [3.05, 3.63) is 24.3 Å². The van der Waals surface area contributed by atoms with Gasteiger partial charge in [0.1, 0.15) is 12.7 Å². The van der Waals surface area contributed by atoms with Gasteiger partial charge in [0, 0.05) is 5.75 Å². The molecule has 16 heavy (non-hydrogen) atoms. The lowest BCUT2D eigenvalue weighted by Crippen LogP contribution is -2.32. The second-order valence-corrected chi connectivity index (χ2v) is 4.32. The van der Waals surface area contributed by atoms with Crippen LogP contribution in [0.2, 0.25) is 0 Å². The minimum Gasteiger partial charge on any atom is -0.486 e. The summed E-state index contributed by atoms with van der Waals surface area (Å²) in [6, 6.07) is 7.59. The van der Waals surface area contributed by atoms with Crippen molar-refractivity contribution in [3.8, 4) is 11.5 Å². The van der Waals surface area contributed by atoms with Gasteiger partial charge >= 0.3 is 0 Å². The second-order valence-electron chi connectivity index (χ2n) is 3.28. The van der Waals surface area contributed by atoms with Crippen LogP contribution in [0, 0.1) is 0 Å². The highest BCUT2D eigenvalue weighted by Crippen LogP contribution is 2.31. The number of nitrogens with zero attached hydrogens (tertiary/aromatic N) is 1. The molecule has 1 aliphatic rings. The first kappa shape index (κ1) is 10.9. The average Bonchev–Trinajstić information content (AvgIpc) is 2.35. The number of nitrogens with two attached hydrogens (primary N) is 2. The Kier molecular flexibility index (Phi) is 3.40. The summed E-state index contributed by atoms with van der Waals surface area (Å²) in [4.78, 5) is 0. The number of para-hydroxylation sites is 2. The predicted molar refractivity (Wildman–Crippen MR) is 64.6 cm³/mol. The first-order chi connectivity index (χ1) is 7.79. The molecule has 0 aromatic heterocycles. The second kappa shape index (κ2) is 4.98. The lowest BCUT2D eigenvalue weighted by atomic mass is 10.3. The van der Waals surface area contributed by atoms with Crippen LogP contribution in [0.1, 0.15) is 0 Å². The van der Waals surface area contributed by atoms with Crippen molar-refractivity contribution in [1.29, 1.82) is 0 Å². The molecule has 0 saturated heterocycles. The van der Waals surface area contributed by atoms with E-state index in [9.17, 15) is 0 Å². The third-order valence-electron chi connectivity index (χ3n) is 2.11. The van der Waals surface area contributed by atoms with E-state index in [1.807, 2.05) is 24.3 Å². The topological polar surface area (TPSA) is 82.9 Å². The van der Waals surface area contributed by atoms with E-state index in [2.05, 4.69) is 5.10 Å². The summed E-state index contributed by atoms with van der Waals surface area (Å²) in [5.74, 6) is 7.25. The molecule has 1 unspecified atom stereocenters. The summed E-state index contributed by atoms with van der Waals surface area (Å²) in [5, 5.41) is 3.73. The fourth-order valence-electron chi connectivity index (χ4n) is 1.36. The number of fused-ring (bicyclic) bond motifs is 1. The third-order valence-corrected chi connectivity index (χ3v) is 3.05. The molecule has 1 atom stereocenters. The highest BCUT2D eigenvalue weighted by atomic mass is 32.2. The van der Waals surface area contributed by atoms with E-state index in [-0.39, 0.29) is 6.10 Å². The Morgan fingerprint density at radius 2 is 2.19 bits per heavy atom. The van der Waals surface area contributed by atoms with Crippen LogP contribution in [0.5, 0.6) is 11.5 Å². The van der Waals surface area contributed by atoms with Crippen LogP contribution in [0.15, 0.2) is 29.4 Å². The predicted octanol–water partition coefficient (Wildman–Crippen LogP) is 0.748. The zero-order valence-electron chi connectivity index (χ0n) is 8.63. The Bertz CT molecular complexity index is 397. The van der Waals surface area contributed by atoms with Gasteiger partial charge in [-0.1, -0.05) is 23.9 Å². The minimum absolute atomic E-state index is 0.0276. The molecule has 4 N–H and O–H groups in total. The lowest BCUT2D eigenvalue weighted by Gasteiger charge is -2.25. The fourth-order valence-corrected chi connectivity index (χ4v) is 1.96. The highest BCUT2D eigenvalue weighted by molar-refractivity contribution is 8.13. The van der Waals surface area contributed by atoms with E-state index in [0.717, 1.165) is 11.5 Å². The maximum atomic E-state index is 5.73. The molecule has 0 amide bonds. The largest absolute Gasteiger partial charge is 0.486 e. The van der Waals surface area contributed by atoms with Gasteiger partial charge in [0.2, 0.25) is 0 Å². The standard InChI is InChI=1S/C10H13N3O2S/c11-10(13-12)16-6-7-5-14-8-3-1-2-4-9(8)15-7/h1-4,7H,5-6,12H2,(H2,11,13). The number of hydrazone groups is 1. The zero-order valence-corrected chi connectivity index (χ0v) is 9.44. The Morgan fingerprint density at radius 1 is 1.44 bits per heavy atom. The van der Waals surface area contributed by atoms with Gasteiger partial charge in [-0.25, -0.2) is 0 Å². The van der Waals surface area contributed by atoms with Crippen LogP contribution in [0.3, 0.4) is 0 Å². The Morgan fingerprint density at radius 3 is 2.94 bits per heavy atom. The van der Waals surface area contributed by atoms with Crippen LogP contribution in [0.4, 0.5) is 0 Å². The zero-order chi connectivity index (χ0) is 11.4. The lowest BCUT2D eigenvalue weighted by molar-refractivity contribution is 0.107. The normalized spacial score (nSPS) is 19.5. The molecule has 1 heterocycles. The van der Waals surface area contributed by atoms with Crippen LogP contribution >= 0.6 is 11.8 Å². The number of hydrogen-bond donors (Lipinski definition) is 2. The molecule has 0 saturated carbocycles. The fraction of sp³-hybridized carbons (Fsp3) is 0.300. The number of ether oxygens (including phenoxy) is 2. The van der Waals surface area contributed by atoms with Crippen molar-refractivity contribution >= 4 is 16.9 Å². The van der Waals surface area contributed by atoms with Gasteiger partial charge < -0.3 is 21.1 Å². The van der Waals surface area contributed by atoms with Gasteiger partial charge in [0.15, 0.2) is 16.7 Å². The molecule has 0 spiro atoms.